The van der Waals surface area contributed by atoms with E-state index >= 15 is 0 Å². The highest BCUT2D eigenvalue weighted by Gasteiger charge is 2.39. The Kier molecular flexibility index (Phi) is 2.88. The van der Waals surface area contributed by atoms with Gasteiger partial charge in [0.25, 0.3) is 0 Å². The standard InChI is InChI=1S/C9H13F3N4/c10-9(11,12)8-15-14-5-16(8)7-3-1-2-6(13)4-7/h5-7H,1-4,13H2/t6-,7+/m0/s1. The van der Waals surface area contributed by atoms with Crippen LogP contribution in [0.1, 0.15) is 37.5 Å². The Labute approximate surface area is 90.6 Å². The van der Waals surface area contributed by atoms with Gasteiger partial charge in [-0.15, -0.1) is 10.2 Å². The van der Waals surface area contributed by atoms with Crippen LogP contribution in [0.25, 0.3) is 0 Å². The number of aromatic nitrogens is 3. The minimum atomic E-state index is -4.45. The lowest BCUT2D eigenvalue weighted by Gasteiger charge is -2.28. The molecule has 0 bridgehead atoms. The molecule has 1 aromatic heterocycles. The first-order valence-electron chi connectivity index (χ1n) is 5.21. The van der Waals surface area contributed by atoms with Crippen molar-refractivity contribution < 1.29 is 13.2 Å². The molecule has 2 N–H and O–H groups in total. The second-order valence-electron chi connectivity index (χ2n) is 4.14. The van der Waals surface area contributed by atoms with Gasteiger partial charge in [0.05, 0.1) is 0 Å². The quantitative estimate of drug-likeness (QED) is 0.805. The van der Waals surface area contributed by atoms with Gasteiger partial charge in [-0.3, -0.25) is 0 Å². The first-order valence-corrected chi connectivity index (χ1v) is 5.21. The van der Waals surface area contributed by atoms with Gasteiger partial charge >= 0.3 is 6.18 Å². The molecular formula is C9H13F3N4. The van der Waals surface area contributed by atoms with E-state index in [0.717, 1.165) is 23.7 Å². The highest BCUT2D eigenvalue weighted by atomic mass is 19.4. The maximum atomic E-state index is 12.6. The number of alkyl halides is 3. The minimum Gasteiger partial charge on any atom is -0.328 e. The van der Waals surface area contributed by atoms with Gasteiger partial charge in [-0.1, -0.05) is 0 Å². The third-order valence-corrected chi connectivity index (χ3v) is 2.91. The number of nitrogens with two attached hydrogens (primary N) is 1. The smallest absolute Gasteiger partial charge is 0.328 e. The first kappa shape index (κ1) is 11.4. The lowest BCUT2D eigenvalue weighted by Crippen LogP contribution is -2.30. The van der Waals surface area contributed by atoms with Gasteiger partial charge in [-0.25, -0.2) is 0 Å². The molecule has 16 heavy (non-hydrogen) atoms. The molecule has 7 heteroatoms. The fourth-order valence-electron chi connectivity index (χ4n) is 2.17. The van der Waals surface area contributed by atoms with Gasteiger partial charge in [-0.2, -0.15) is 13.2 Å². The summed E-state index contributed by atoms with van der Waals surface area (Å²) in [6, 6.07) is -0.252. The van der Waals surface area contributed by atoms with Crippen molar-refractivity contribution in [2.75, 3.05) is 0 Å². The van der Waals surface area contributed by atoms with Crippen molar-refractivity contribution in [3.63, 3.8) is 0 Å². The molecule has 2 atom stereocenters. The van der Waals surface area contributed by atoms with Crippen LogP contribution in [-0.2, 0) is 6.18 Å². The Hall–Kier alpha value is -1.11. The van der Waals surface area contributed by atoms with E-state index in [9.17, 15) is 13.2 Å². The van der Waals surface area contributed by atoms with Crippen molar-refractivity contribution in [1.29, 1.82) is 0 Å². The summed E-state index contributed by atoms with van der Waals surface area (Å²) < 4.78 is 38.8. The summed E-state index contributed by atoms with van der Waals surface area (Å²) in [6.45, 7) is 0. The summed E-state index contributed by atoms with van der Waals surface area (Å²) >= 11 is 0. The van der Waals surface area contributed by atoms with Crippen LogP contribution < -0.4 is 5.73 Å². The van der Waals surface area contributed by atoms with Gasteiger partial charge in [0.2, 0.25) is 5.82 Å². The molecule has 0 radical (unpaired) electrons. The number of halogens is 3. The average molecular weight is 234 g/mol. The van der Waals surface area contributed by atoms with Crippen LogP contribution in [0.4, 0.5) is 13.2 Å². The monoisotopic (exact) mass is 234 g/mol. The molecule has 1 heterocycles. The molecule has 1 saturated carbocycles. The van der Waals surface area contributed by atoms with Crippen molar-refractivity contribution in [2.24, 2.45) is 5.73 Å². The molecule has 1 aliphatic rings. The van der Waals surface area contributed by atoms with E-state index in [4.69, 9.17) is 5.73 Å². The van der Waals surface area contributed by atoms with Gasteiger partial charge in [-0.05, 0) is 25.7 Å². The lowest BCUT2D eigenvalue weighted by molar-refractivity contribution is -0.148. The second-order valence-corrected chi connectivity index (χ2v) is 4.14. The van der Waals surface area contributed by atoms with Crippen molar-refractivity contribution in [2.45, 2.75) is 43.9 Å². The van der Waals surface area contributed by atoms with Crippen LogP contribution in [0.5, 0.6) is 0 Å². The van der Waals surface area contributed by atoms with Gasteiger partial charge < -0.3 is 10.3 Å². The maximum absolute atomic E-state index is 12.6. The molecule has 0 spiro atoms. The maximum Gasteiger partial charge on any atom is 0.451 e. The molecule has 0 saturated heterocycles. The highest BCUT2D eigenvalue weighted by Crippen LogP contribution is 2.33. The summed E-state index contributed by atoms with van der Waals surface area (Å²) in [6.07, 6.45) is -0.319. The molecule has 0 amide bonds. The molecule has 0 aliphatic heterocycles. The zero-order chi connectivity index (χ0) is 11.8. The van der Waals surface area contributed by atoms with E-state index in [1.165, 1.54) is 0 Å². The molecule has 1 aliphatic carbocycles. The van der Waals surface area contributed by atoms with E-state index in [0.29, 0.717) is 12.8 Å². The van der Waals surface area contributed by atoms with Crippen LogP contribution in [0, 0.1) is 0 Å². The van der Waals surface area contributed by atoms with Gasteiger partial charge in [0.15, 0.2) is 0 Å². The second kappa shape index (κ2) is 4.04. The number of rotatable bonds is 1. The summed E-state index contributed by atoms with van der Waals surface area (Å²) in [7, 11) is 0. The topological polar surface area (TPSA) is 56.7 Å². The molecular weight excluding hydrogens is 221 g/mol. The molecule has 4 nitrogen and oxygen atoms in total. The zero-order valence-corrected chi connectivity index (χ0v) is 8.61. The Bertz CT molecular complexity index is 360. The Morgan fingerprint density at radius 1 is 1.38 bits per heavy atom. The number of nitrogens with zero attached hydrogens (tertiary/aromatic N) is 3. The van der Waals surface area contributed by atoms with Gasteiger partial charge in [0.1, 0.15) is 6.33 Å². The predicted octanol–water partition coefficient (Wildman–Crippen LogP) is 1.74. The van der Waals surface area contributed by atoms with E-state index in [1.807, 2.05) is 0 Å². The van der Waals surface area contributed by atoms with E-state index in [1.54, 1.807) is 0 Å². The molecule has 1 fully saturated rings. The summed E-state index contributed by atoms with van der Waals surface area (Å²) in [5.41, 5.74) is 5.75. The zero-order valence-electron chi connectivity index (χ0n) is 8.61. The fourth-order valence-corrected chi connectivity index (χ4v) is 2.17. The summed E-state index contributed by atoms with van der Waals surface area (Å²) in [5, 5.41) is 6.48. The predicted molar refractivity (Wildman–Crippen MR) is 50.5 cm³/mol. The minimum absolute atomic E-state index is 0.0257. The number of hydrogen-bond donors (Lipinski definition) is 1. The van der Waals surface area contributed by atoms with Crippen molar-refractivity contribution in [3.8, 4) is 0 Å². The van der Waals surface area contributed by atoms with Crippen LogP contribution in [0.3, 0.4) is 0 Å². The summed E-state index contributed by atoms with van der Waals surface area (Å²) in [5.74, 6) is -0.924. The van der Waals surface area contributed by atoms with Crippen LogP contribution in [0.15, 0.2) is 6.33 Å². The van der Waals surface area contributed by atoms with Gasteiger partial charge in [0, 0.05) is 12.1 Å². The Morgan fingerprint density at radius 3 is 2.75 bits per heavy atom. The average Bonchev–Trinajstić information content (AvgIpc) is 2.65. The lowest BCUT2D eigenvalue weighted by atomic mass is 9.91. The first-order chi connectivity index (χ1) is 7.48. The SMILES string of the molecule is N[C@H]1CCC[C@@H](n2cnnc2C(F)(F)F)C1. The molecule has 2 rings (SSSR count). The van der Waals surface area contributed by atoms with Crippen molar-refractivity contribution >= 4 is 0 Å². The number of hydrogen-bond acceptors (Lipinski definition) is 3. The highest BCUT2D eigenvalue weighted by molar-refractivity contribution is 4.96. The van der Waals surface area contributed by atoms with E-state index in [-0.39, 0.29) is 12.1 Å². The Morgan fingerprint density at radius 2 is 2.12 bits per heavy atom. The Balaban J connectivity index is 2.23. The third-order valence-electron chi connectivity index (χ3n) is 2.91. The van der Waals surface area contributed by atoms with Crippen LogP contribution in [-0.4, -0.2) is 20.8 Å². The van der Waals surface area contributed by atoms with Crippen LogP contribution >= 0.6 is 0 Å². The molecule has 1 aromatic rings. The largest absolute Gasteiger partial charge is 0.451 e. The molecule has 0 aromatic carbocycles. The molecule has 90 valence electrons. The van der Waals surface area contributed by atoms with Crippen LogP contribution in [0.2, 0.25) is 0 Å². The summed E-state index contributed by atoms with van der Waals surface area (Å²) in [4.78, 5) is 0. The normalized spacial score (nSPS) is 27.0. The van der Waals surface area contributed by atoms with E-state index < -0.39 is 12.0 Å². The van der Waals surface area contributed by atoms with Crippen molar-refractivity contribution in [1.82, 2.24) is 14.8 Å². The fraction of sp³-hybridized carbons (Fsp3) is 0.778. The van der Waals surface area contributed by atoms with Crippen molar-refractivity contribution in [3.05, 3.63) is 12.2 Å². The van der Waals surface area contributed by atoms with E-state index in [2.05, 4.69) is 10.2 Å². The molecule has 0 unspecified atom stereocenters. The third kappa shape index (κ3) is 2.18.